The number of amides is 2. The van der Waals surface area contributed by atoms with Gasteiger partial charge in [-0.3, -0.25) is 9.88 Å². The lowest BCUT2D eigenvalue weighted by Crippen LogP contribution is -2.58. The molecule has 2 amide bonds. The van der Waals surface area contributed by atoms with Crippen LogP contribution in [0.2, 0.25) is 0 Å². The molecule has 7 heteroatoms. The van der Waals surface area contributed by atoms with Crippen LogP contribution in [-0.4, -0.2) is 85.4 Å². The highest BCUT2D eigenvalue weighted by atomic mass is 16.5. The van der Waals surface area contributed by atoms with Crippen LogP contribution < -0.4 is 10.2 Å². The molecule has 3 rings (SSSR count). The van der Waals surface area contributed by atoms with Crippen LogP contribution in [0, 0.1) is 0 Å². The second-order valence-corrected chi connectivity index (χ2v) is 7.25. The molecule has 7 nitrogen and oxygen atoms in total. The van der Waals surface area contributed by atoms with Gasteiger partial charge in [0.15, 0.2) is 0 Å². The number of rotatable bonds is 4. The lowest BCUT2D eigenvalue weighted by Gasteiger charge is -2.41. The molecule has 0 aromatic carbocycles. The van der Waals surface area contributed by atoms with E-state index < -0.39 is 0 Å². The minimum absolute atomic E-state index is 0.0377. The molecule has 138 valence electrons. The third kappa shape index (κ3) is 4.61. The summed E-state index contributed by atoms with van der Waals surface area (Å²) >= 11 is 0. The van der Waals surface area contributed by atoms with Crippen LogP contribution in [0.4, 0.5) is 10.5 Å². The maximum atomic E-state index is 12.5. The van der Waals surface area contributed by atoms with Crippen molar-refractivity contribution in [3.63, 3.8) is 0 Å². The number of urea groups is 1. The number of ether oxygens (including phenoxy) is 1. The summed E-state index contributed by atoms with van der Waals surface area (Å²) in [5.41, 5.74) is 1.11. The van der Waals surface area contributed by atoms with E-state index in [0.717, 1.165) is 52.5 Å². The minimum atomic E-state index is -0.0572. The van der Waals surface area contributed by atoms with Crippen LogP contribution >= 0.6 is 0 Å². The molecular weight excluding hydrogens is 318 g/mol. The molecular formula is C18H29N5O2. The molecule has 2 fully saturated rings. The summed E-state index contributed by atoms with van der Waals surface area (Å²) in [6.45, 7) is 11.6. The Morgan fingerprint density at radius 1 is 1.12 bits per heavy atom. The smallest absolute Gasteiger partial charge is 0.317 e. The van der Waals surface area contributed by atoms with Crippen molar-refractivity contribution in [2.45, 2.75) is 19.4 Å². The van der Waals surface area contributed by atoms with E-state index in [1.807, 2.05) is 29.4 Å². The van der Waals surface area contributed by atoms with E-state index in [1.165, 1.54) is 5.69 Å². The first-order valence-electron chi connectivity index (χ1n) is 9.07. The number of nitrogens with zero attached hydrogens (tertiary/aromatic N) is 4. The van der Waals surface area contributed by atoms with Gasteiger partial charge in [-0.1, -0.05) is 0 Å². The first-order chi connectivity index (χ1) is 12.1. The van der Waals surface area contributed by atoms with E-state index in [0.29, 0.717) is 6.54 Å². The molecule has 0 unspecified atom stereocenters. The van der Waals surface area contributed by atoms with Crippen molar-refractivity contribution in [2.75, 3.05) is 63.9 Å². The van der Waals surface area contributed by atoms with Gasteiger partial charge in [0.25, 0.3) is 0 Å². The number of piperazine rings is 1. The molecule has 0 atom stereocenters. The van der Waals surface area contributed by atoms with Crippen LogP contribution in [-0.2, 0) is 4.74 Å². The molecule has 0 spiro atoms. The second-order valence-electron chi connectivity index (χ2n) is 7.25. The molecule has 0 bridgehead atoms. The highest BCUT2D eigenvalue weighted by molar-refractivity contribution is 5.74. The Kier molecular flexibility index (Phi) is 5.75. The summed E-state index contributed by atoms with van der Waals surface area (Å²) in [6.07, 6.45) is 3.62. The monoisotopic (exact) mass is 347 g/mol. The van der Waals surface area contributed by atoms with Crippen LogP contribution in [0.5, 0.6) is 0 Å². The summed E-state index contributed by atoms with van der Waals surface area (Å²) in [4.78, 5) is 23.2. The molecule has 3 heterocycles. The normalized spacial score (nSPS) is 19.8. The van der Waals surface area contributed by atoms with E-state index in [1.54, 1.807) is 0 Å². The first-order valence-corrected chi connectivity index (χ1v) is 9.07. The SMILES string of the molecule is CC(C)(CNC(=O)N1CCN(c2ccncc2)CC1)N1CCOCC1. The van der Waals surface area contributed by atoms with Gasteiger partial charge in [-0.25, -0.2) is 4.79 Å². The Morgan fingerprint density at radius 2 is 1.76 bits per heavy atom. The lowest BCUT2D eigenvalue weighted by atomic mass is 10.0. The van der Waals surface area contributed by atoms with Gasteiger partial charge in [0.1, 0.15) is 0 Å². The standard InChI is InChI=1S/C18H29N5O2/c1-18(2,23-11-13-25-14-12-23)15-20-17(24)22-9-7-21(8-10-22)16-3-5-19-6-4-16/h3-6H,7-15H2,1-2H3,(H,20,24). The van der Waals surface area contributed by atoms with E-state index in [4.69, 9.17) is 4.74 Å². The van der Waals surface area contributed by atoms with Crippen molar-refractivity contribution in [3.05, 3.63) is 24.5 Å². The van der Waals surface area contributed by atoms with E-state index in [2.05, 4.69) is 33.9 Å². The molecule has 0 saturated carbocycles. The Labute approximate surface area is 149 Å². The zero-order chi connectivity index (χ0) is 17.7. The summed E-state index contributed by atoms with van der Waals surface area (Å²) in [6, 6.07) is 4.07. The summed E-state index contributed by atoms with van der Waals surface area (Å²) in [5.74, 6) is 0. The fourth-order valence-electron chi connectivity index (χ4n) is 3.41. The molecule has 2 aliphatic heterocycles. The van der Waals surface area contributed by atoms with E-state index in [-0.39, 0.29) is 11.6 Å². The average molecular weight is 347 g/mol. The highest BCUT2D eigenvalue weighted by Crippen LogP contribution is 2.16. The van der Waals surface area contributed by atoms with Crippen LogP contribution in [0.25, 0.3) is 0 Å². The Balaban J connectivity index is 1.45. The Morgan fingerprint density at radius 3 is 2.40 bits per heavy atom. The zero-order valence-corrected chi connectivity index (χ0v) is 15.3. The van der Waals surface area contributed by atoms with Gasteiger partial charge in [0.05, 0.1) is 13.2 Å². The number of hydrogen-bond acceptors (Lipinski definition) is 5. The molecule has 2 aliphatic rings. The van der Waals surface area contributed by atoms with Gasteiger partial charge in [0.2, 0.25) is 0 Å². The van der Waals surface area contributed by atoms with Gasteiger partial charge in [-0.2, -0.15) is 0 Å². The average Bonchev–Trinajstić information content (AvgIpc) is 2.68. The van der Waals surface area contributed by atoms with Crippen molar-refractivity contribution in [3.8, 4) is 0 Å². The van der Waals surface area contributed by atoms with Gasteiger partial charge in [-0.05, 0) is 26.0 Å². The van der Waals surface area contributed by atoms with Gasteiger partial charge < -0.3 is 19.9 Å². The van der Waals surface area contributed by atoms with Gasteiger partial charge >= 0.3 is 6.03 Å². The number of carbonyl (C=O) groups excluding carboxylic acids is 1. The largest absolute Gasteiger partial charge is 0.379 e. The van der Waals surface area contributed by atoms with Crippen molar-refractivity contribution < 1.29 is 9.53 Å². The number of carbonyl (C=O) groups is 1. The summed E-state index contributed by atoms with van der Waals surface area (Å²) in [7, 11) is 0. The predicted octanol–water partition coefficient (Wildman–Crippen LogP) is 1.02. The van der Waals surface area contributed by atoms with Crippen molar-refractivity contribution in [1.82, 2.24) is 20.1 Å². The number of aromatic nitrogens is 1. The van der Waals surface area contributed by atoms with E-state index >= 15 is 0 Å². The first kappa shape index (κ1) is 17.9. The molecule has 25 heavy (non-hydrogen) atoms. The number of pyridine rings is 1. The maximum Gasteiger partial charge on any atom is 0.317 e. The zero-order valence-electron chi connectivity index (χ0n) is 15.3. The van der Waals surface area contributed by atoms with Crippen LogP contribution in [0.15, 0.2) is 24.5 Å². The van der Waals surface area contributed by atoms with Crippen molar-refractivity contribution in [1.29, 1.82) is 0 Å². The lowest BCUT2D eigenvalue weighted by molar-refractivity contribution is -0.00905. The highest BCUT2D eigenvalue weighted by Gasteiger charge is 2.29. The number of morpholine rings is 1. The van der Waals surface area contributed by atoms with Crippen LogP contribution in [0.1, 0.15) is 13.8 Å². The quantitative estimate of drug-likeness (QED) is 0.881. The van der Waals surface area contributed by atoms with Crippen molar-refractivity contribution >= 4 is 11.7 Å². The fourth-order valence-corrected chi connectivity index (χ4v) is 3.41. The number of anilines is 1. The number of hydrogen-bond donors (Lipinski definition) is 1. The van der Waals surface area contributed by atoms with Gasteiger partial charge in [-0.15, -0.1) is 0 Å². The summed E-state index contributed by atoms with van der Waals surface area (Å²) in [5, 5.41) is 3.12. The molecule has 0 radical (unpaired) electrons. The maximum absolute atomic E-state index is 12.5. The minimum Gasteiger partial charge on any atom is -0.379 e. The molecule has 1 aromatic rings. The molecule has 2 saturated heterocycles. The molecule has 1 N–H and O–H groups in total. The van der Waals surface area contributed by atoms with Gasteiger partial charge in [0, 0.05) is 69.4 Å². The van der Waals surface area contributed by atoms with Crippen molar-refractivity contribution in [2.24, 2.45) is 0 Å². The predicted molar refractivity (Wildman–Crippen MR) is 97.9 cm³/mol. The second kappa shape index (κ2) is 8.01. The summed E-state index contributed by atoms with van der Waals surface area (Å²) < 4.78 is 5.42. The fraction of sp³-hybridized carbons (Fsp3) is 0.667. The number of nitrogens with one attached hydrogen (secondary N) is 1. The Bertz CT molecular complexity index is 552. The third-order valence-corrected chi connectivity index (χ3v) is 5.13. The third-order valence-electron chi connectivity index (χ3n) is 5.13. The topological polar surface area (TPSA) is 60.9 Å². The van der Waals surface area contributed by atoms with Crippen LogP contribution in [0.3, 0.4) is 0 Å². The molecule has 0 aliphatic carbocycles. The van der Waals surface area contributed by atoms with E-state index in [9.17, 15) is 4.79 Å². The molecule has 1 aromatic heterocycles. The Hall–Kier alpha value is -1.86.